The number of halogens is 1. The number of benzene rings is 1. The predicted octanol–water partition coefficient (Wildman–Crippen LogP) is 3.41. The normalized spacial score (nSPS) is 11.8. The second-order valence-electron chi connectivity index (χ2n) is 7.47. The lowest BCUT2D eigenvalue weighted by molar-refractivity contribution is -0.386. The SMILES string of the molecule is CC(C)(C)Cc1cc(F)cc2[nH]c(Cn3cccc([N+](=O)[O-])c3=O)nc12. The first-order chi connectivity index (χ1) is 12.1. The molecule has 0 radical (unpaired) electrons. The first-order valence-corrected chi connectivity index (χ1v) is 8.15. The molecule has 0 aliphatic carbocycles. The minimum atomic E-state index is -0.714. The molecule has 1 aromatic carbocycles. The zero-order chi connectivity index (χ0) is 19.1. The second-order valence-corrected chi connectivity index (χ2v) is 7.47. The topological polar surface area (TPSA) is 93.8 Å². The number of aromatic amines is 1. The van der Waals surface area contributed by atoms with E-state index in [1.807, 2.05) is 0 Å². The zero-order valence-corrected chi connectivity index (χ0v) is 14.7. The molecule has 0 amide bonds. The van der Waals surface area contributed by atoms with E-state index in [1.54, 1.807) is 0 Å². The summed E-state index contributed by atoms with van der Waals surface area (Å²) in [4.78, 5) is 29.9. The summed E-state index contributed by atoms with van der Waals surface area (Å²) in [6.45, 7) is 6.20. The van der Waals surface area contributed by atoms with Gasteiger partial charge in [-0.2, -0.15) is 0 Å². The number of nitrogens with one attached hydrogen (secondary N) is 1. The van der Waals surface area contributed by atoms with E-state index >= 15 is 0 Å². The molecule has 136 valence electrons. The number of H-pyrrole nitrogens is 1. The quantitative estimate of drug-likeness (QED) is 0.571. The smallest absolute Gasteiger partial charge is 0.334 e. The summed E-state index contributed by atoms with van der Waals surface area (Å²) in [6.07, 6.45) is 2.10. The van der Waals surface area contributed by atoms with Gasteiger partial charge in [-0.05, 0) is 35.6 Å². The molecule has 26 heavy (non-hydrogen) atoms. The highest BCUT2D eigenvalue weighted by Gasteiger charge is 2.18. The Hall–Kier alpha value is -3.03. The fourth-order valence-corrected chi connectivity index (χ4v) is 2.93. The largest absolute Gasteiger partial charge is 0.340 e. The molecule has 2 aromatic heterocycles. The van der Waals surface area contributed by atoms with Crippen molar-refractivity contribution < 1.29 is 9.31 Å². The molecule has 3 aromatic rings. The molecule has 7 nitrogen and oxygen atoms in total. The zero-order valence-electron chi connectivity index (χ0n) is 14.7. The van der Waals surface area contributed by atoms with Gasteiger partial charge >= 0.3 is 11.2 Å². The van der Waals surface area contributed by atoms with Crippen LogP contribution in [-0.4, -0.2) is 19.5 Å². The van der Waals surface area contributed by atoms with E-state index < -0.39 is 16.2 Å². The Kier molecular flexibility index (Phi) is 4.35. The number of hydrogen-bond donors (Lipinski definition) is 1. The molecule has 0 saturated heterocycles. The van der Waals surface area contributed by atoms with Crippen molar-refractivity contribution in [2.45, 2.75) is 33.7 Å². The third kappa shape index (κ3) is 3.63. The fourth-order valence-electron chi connectivity index (χ4n) is 2.93. The summed E-state index contributed by atoms with van der Waals surface area (Å²) in [5.41, 5.74) is 0.715. The van der Waals surface area contributed by atoms with Crippen molar-refractivity contribution >= 4 is 16.7 Å². The van der Waals surface area contributed by atoms with Gasteiger partial charge in [0.15, 0.2) is 0 Å². The van der Waals surface area contributed by atoms with E-state index in [0.29, 0.717) is 23.3 Å². The van der Waals surface area contributed by atoms with Crippen LogP contribution in [0.15, 0.2) is 35.3 Å². The van der Waals surface area contributed by atoms with E-state index in [9.17, 15) is 19.3 Å². The summed E-state index contributed by atoms with van der Waals surface area (Å²) in [6, 6.07) is 5.42. The molecular formula is C18H19FN4O3. The third-order valence-corrected chi connectivity index (χ3v) is 3.92. The number of hydrogen-bond acceptors (Lipinski definition) is 4. The Labute approximate surface area is 148 Å². The van der Waals surface area contributed by atoms with E-state index in [4.69, 9.17) is 0 Å². The van der Waals surface area contributed by atoms with Gasteiger partial charge in [-0.1, -0.05) is 20.8 Å². The van der Waals surface area contributed by atoms with Gasteiger partial charge in [0.05, 0.1) is 22.5 Å². The summed E-state index contributed by atoms with van der Waals surface area (Å²) in [5, 5.41) is 10.9. The fraction of sp³-hybridized carbons (Fsp3) is 0.333. The molecule has 8 heteroatoms. The molecule has 0 bridgehead atoms. The van der Waals surface area contributed by atoms with Crippen LogP contribution >= 0.6 is 0 Å². The molecule has 0 saturated carbocycles. The van der Waals surface area contributed by atoms with Crippen LogP contribution in [0.3, 0.4) is 0 Å². The average molecular weight is 358 g/mol. The van der Waals surface area contributed by atoms with Crippen LogP contribution in [0, 0.1) is 21.3 Å². The lowest BCUT2D eigenvalue weighted by Crippen LogP contribution is -2.22. The Morgan fingerprint density at radius 2 is 2.08 bits per heavy atom. The van der Waals surface area contributed by atoms with Gasteiger partial charge in [0, 0.05) is 12.3 Å². The van der Waals surface area contributed by atoms with Gasteiger partial charge in [-0.3, -0.25) is 14.9 Å². The van der Waals surface area contributed by atoms with E-state index in [2.05, 4.69) is 30.7 Å². The van der Waals surface area contributed by atoms with Crippen molar-refractivity contribution in [1.82, 2.24) is 14.5 Å². The van der Waals surface area contributed by atoms with Crippen LogP contribution in [0.4, 0.5) is 10.1 Å². The highest BCUT2D eigenvalue weighted by Crippen LogP contribution is 2.26. The van der Waals surface area contributed by atoms with Crippen LogP contribution in [0.5, 0.6) is 0 Å². The first-order valence-electron chi connectivity index (χ1n) is 8.15. The molecular weight excluding hydrogens is 339 g/mol. The van der Waals surface area contributed by atoms with Crippen molar-refractivity contribution in [2.75, 3.05) is 0 Å². The second kappa shape index (κ2) is 6.36. The molecule has 3 rings (SSSR count). The summed E-state index contributed by atoms with van der Waals surface area (Å²) >= 11 is 0. The molecule has 0 fully saturated rings. The van der Waals surface area contributed by atoms with E-state index in [1.165, 1.54) is 29.0 Å². The van der Waals surface area contributed by atoms with Gasteiger partial charge in [0.25, 0.3) is 0 Å². The van der Waals surface area contributed by atoms with Crippen LogP contribution in [-0.2, 0) is 13.0 Å². The number of imidazole rings is 1. The first kappa shape index (κ1) is 17.8. The third-order valence-electron chi connectivity index (χ3n) is 3.92. The summed E-state index contributed by atoms with van der Waals surface area (Å²) in [5.74, 6) is 0.0721. The van der Waals surface area contributed by atoms with Crippen molar-refractivity contribution in [3.8, 4) is 0 Å². The molecule has 0 unspecified atom stereocenters. The average Bonchev–Trinajstić information content (AvgIpc) is 2.90. The van der Waals surface area contributed by atoms with E-state index in [-0.39, 0.29) is 17.8 Å². The number of nitrogens with zero attached hydrogens (tertiary/aromatic N) is 3. The Balaban J connectivity index is 2.03. The summed E-state index contributed by atoms with van der Waals surface area (Å²) in [7, 11) is 0. The minimum absolute atomic E-state index is 0.0335. The van der Waals surface area contributed by atoms with Crippen LogP contribution in [0.2, 0.25) is 0 Å². The molecule has 2 heterocycles. The van der Waals surface area contributed by atoms with E-state index in [0.717, 1.165) is 11.6 Å². The van der Waals surface area contributed by atoms with Gasteiger partial charge in [-0.25, -0.2) is 9.37 Å². The predicted molar refractivity (Wildman–Crippen MR) is 95.7 cm³/mol. The van der Waals surface area contributed by atoms with Crippen LogP contribution in [0.1, 0.15) is 32.2 Å². The minimum Gasteiger partial charge on any atom is -0.340 e. The maximum absolute atomic E-state index is 13.9. The standard InChI is InChI=1S/C18H19FN4O3/c1-18(2,3)9-11-7-12(19)8-13-16(11)21-15(20-13)10-22-6-4-5-14(17(22)24)23(25)26/h4-8H,9-10H2,1-3H3,(H,20,21). The van der Waals surface area contributed by atoms with Gasteiger partial charge in [0.1, 0.15) is 11.6 Å². The molecule has 1 N–H and O–H groups in total. The van der Waals surface area contributed by atoms with Gasteiger partial charge in [-0.15, -0.1) is 0 Å². The molecule has 0 spiro atoms. The number of pyridine rings is 1. The number of aromatic nitrogens is 3. The lowest BCUT2D eigenvalue weighted by atomic mass is 9.87. The highest BCUT2D eigenvalue weighted by atomic mass is 19.1. The maximum Gasteiger partial charge on any atom is 0.334 e. The Morgan fingerprint density at radius 1 is 1.35 bits per heavy atom. The molecule has 0 aliphatic heterocycles. The Bertz CT molecular complexity index is 1050. The number of rotatable bonds is 4. The van der Waals surface area contributed by atoms with Crippen LogP contribution < -0.4 is 5.56 Å². The molecule has 0 atom stereocenters. The van der Waals surface area contributed by atoms with Crippen LogP contribution in [0.25, 0.3) is 11.0 Å². The number of nitro groups is 1. The van der Waals surface area contributed by atoms with Gasteiger partial charge < -0.3 is 9.55 Å². The highest BCUT2D eigenvalue weighted by molar-refractivity contribution is 5.79. The maximum atomic E-state index is 13.9. The summed E-state index contributed by atoms with van der Waals surface area (Å²) < 4.78 is 15.1. The number of fused-ring (bicyclic) bond motifs is 1. The van der Waals surface area contributed by atoms with Gasteiger partial charge in [0.2, 0.25) is 0 Å². The van der Waals surface area contributed by atoms with Crippen molar-refractivity contribution in [3.63, 3.8) is 0 Å². The molecule has 0 aliphatic rings. The lowest BCUT2D eigenvalue weighted by Gasteiger charge is -2.18. The van der Waals surface area contributed by atoms with Crippen molar-refractivity contribution in [3.05, 3.63) is 68.1 Å². The Morgan fingerprint density at radius 3 is 2.73 bits per heavy atom. The van der Waals surface area contributed by atoms with Crippen molar-refractivity contribution in [1.29, 1.82) is 0 Å². The monoisotopic (exact) mass is 358 g/mol. The van der Waals surface area contributed by atoms with Crippen molar-refractivity contribution in [2.24, 2.45) is 5.41 Å².